The number of hydrogen-bond donors (Lipinski definition) is 1. The van der Waals surface area contributed by atoms with Crippen molar-refractivity contribution in [3.05, 3.63) is 87.2 Å². The Kier molecular flexibility index (Phi) is 6.96. The SMILES string of the molecule is CCC(Nc1nc(-c2ccc(Cl)cc2Cl)c(C)s1)C(c1cn(Cc2ccccc2)cn1)C1CC1. The van der Waals surface area contributed by atoms with Gasteiger partial charge in [0.1, 0.15) is 0 Å². The van der Waals surface area contributed by atoms with Crippen LogP contribution >= 0.6 is 34.5 Å². The highest BCUT2D eigenvalue weighted by Crippen LogP contribution is 2.46. The first-order chi connectivity index (χ1) is 16.5. The van der Waals surface area contributed by atoms with Crippen molar-refractivity contribution in [2.24, 2.45) is 5.92 Å². The van der Waals surface area contributed by atoms with Crippen molar-refractivity contribution >= 4 is 39.7 Å². The maximum absolute atomic E-state index is 6.47. The predicted molar refractivity (Wildman–Crippen MR) is 143 cm³/mol. The molecule has 1 aliphatic carbocycles. The summed E-state index contributed by atoms with van der Waals surface area (Å²) in [6.45, 7) is 5.17. The Balaban J connectivity index is 1.37. The fourth-order valence-corrected chi connectivity index (χ4v) is 6.04. The van der Waals surface area contributed by atoms with Gasteiger partial charge in [-0.3, -0.25) is 0 Å². The Labute approximate surface area is 215 Å². The van der Waals surface area contributed by atoms with Crippen molar-refractivity contribution in [3.63, 3.8) is 0 Å². The minimum Gasteiger partial charge on any atom is -0.358 e. The van der Waals surface area contributed by atoms with Crippen LogP contribution in [0.15, 0.2) is 61.1 Å². The molecule has 1 fully saturated rings. The number of benzene rings is 2. The largest absolute Gasteiger partial charge is 0.358 e. The molecular formula is C27H28Cl2N4S. The fraction of sp³-hybridized carbons (Fsp3) is 0.333. The van der Waals surface area contributed by atoms with Crippen LogP contribution in [0.4, 0.5) is 5.13 Å². The van der Waals surface area contributed by atoms with Crippen LogP contribution < -0.4 is 5.32 Å². The average molecular weight is 512 g/mol. The molecule has 1 N–H and O–H groups in total. The molecule has 0 aliphatic heterocycles. The lowest BCUT2D eigenvalue weighted by molar-refractivity contribution is 0.488. The van der Waals surface area contributed by atoms with Crippen LogP contribution in [0.5, 0.6) is 0 Å². The molecule has 4 nitrogen and oxygen atoms in total. The molecule has 1 saturated carbocycles. The lowest BCUT2D eigenvalue weighted by Crippen LogP contribution is -2.28. The van der Waals surface area contributed by atoms with Crippen molar-refractivity contribution in [2.75, 3.05) is 5.32 Å². The van der Waals surface area contributed by atoms with E-state index in [2.05, 4.69) is 60.3 Å². The van der Waals surface area contributed by atoms with Gasteiger partial charge in [-0.1, -0.05) is 60.5 Å². The van der Waals surface area contributed by atoms with E-state index >= 15 is 0 Å². The smallest absolute Gasteiger partial charge is 0.183 e. The Morgan fingerprint density at radius 2 is 1.94 bits per heavy atom. The van der Waals surface area contributed by atoms with Crippen molar-refractivity contribution in [1.29, 1.82) is 0 Å². The Hall–Kier alpha value is -2.34. The first-order valence-corrected chi connectivity index (χ1v) is 13.3. The standard InChI is InChI=1S/C27H28Cl2N4S/c1-3-23(31-27-32-26(17(2)34-27)21-12-11-20(28)13-22(21)29)25(19-9-10-19)24-15-33(16-30-24)14-18-7-5-4-6-8-18/h4-8,11-13,15-16,19,23,25H,3,9-10,14H2,1-2H3,(H,31,32). The number of thiazole rings is 1. The highest BCUT2D eigenvalue weighted by atomic mass is 35.5. The fourth-order valence-electron chi connectivity index (χ4n) is 4.66. The summed E-state index contributed by atoms with van der Waals surface area (Å²) in [6, 6.07) is 16.4. The van der Waals surface area contributed by atoms with E-state index in [1.807, 2.05) is 18.5 Å². The number of aromatic nitrogens is 3. The molecule has 0 amide bonds. The van der Waals surface area contributed by atoms with Gasteiger partial charge in [-0.15, -0.1) is 11.3 Å². The molecular weight excluding hydrogens is 483 g/mol. The quantitative estimate of drug-likeness (QED) is 0.247. The third-order valence-corrected chi connectivity index (χ3v) is 7.95. The number of hydrogen-bond acceptors (Lipinski definition) is 4. The predicted octanol–water partition coefficient (Wildman–Crippen LogP) is 8.05. The van der Waals surface area contributed by atoms with Crippen LogP contribution in [0.2, 0.25) is 10.0 Å². The van der Waals surface area contributed by atoms with Gasteiger partial charge in [-0.05, 0) is 55.9 Å². The molecule has 5 rings (SSSR count). The van der Waals surface area contributed by atoms with Gasteiger partial charge < -0.3 is 9.88 Å². The van der Waals surface area contributed by atoms with E-state index in [9.17, 15) is 0 Å². The molecule has 1 aliphatic rings. The van der Waals surface area contributed by atoms with Crippen LogP contribution in [-0.4, -0.2) is 20.6 Å². The lowest BCUT2D eigenvalue weighted by atomic mass is 9.90. The summed E-state index contributed by atoms with van der Waals surface area (Å²) in [4.78, 5) is 10.9. The Bertz CT molecular complexity index is 1260. The van der Waals surface area contributed by atoms with Gasteiger partial charge in [0.2, 0.25) is 0 Å². The molecule has 2 aromatic carbocycles. The first-order valence-electron chi connectivity index (χ1n) is 11.8. The van der Waals surface area contributed by atoms with Gasteiger partial charge in [0.25, 0.3) is 0 Å². The summed E-state index contributed by atoms with van der Waals surface area (Å²) < 4.78 is 2.20. The molecule has 7 heteroatoms. The second-order valence-electron chi connectivity index (χ2n) is 9.03. The van der Waals surface area contributed by atoms with E-state index in [-0.39, 0.29) is 6.04 Å². The minimum absolute atomic E-state index is 0.270. The van der Waals surface area contributed by atoms with E-state index in [1.54, 1.807) is 17.4 Å². The molecule has 176 valence electrons. The maximum Gasteiger partial charge on any atom is 0.183 e. The van der Waals surface area contributed by atoms with Gasteiger partial charge in [0.05, 0.1) is 22.7 Å². The molecule has 4 aromatic rings. The van der Waals surface area contributed by atoms with Crippen LogP contribution in [0.25, 0.3) is 11.3 Å². The summed E-state index contributed by atoms with van der Waals surface area (Å²) in [6.07, 6.45) is 7.72. The summed E-state index contributed by atoms with van der Waals surface area (Å²) in [5.74, 6) is 1.04. The molecule has 0 saturated heterocycles. The van der Waals surface area contributed by atoms with E-state index in [1.165, 1.54) is 24.1 Å². The molecule has 0 spiro atoms. The zero-order valence-corrected chi connectivity index (χ0v) is 21.7. The lowest BCUT2D eigenvalue weighted by Gasteiger charge is -2.26. The summed E-state index contributed by atoms with van der Waals surface area (Å²) >= 11 is 14.2. The molecule has 2 aromatic heterocycles. The monoisotopic (exact) mass is 510 g/mol. The number of imidazole rings is 1. The third-order valence-electron chi connectivity index (χ3n) is 6.50. The number of nitrogens with zero attached hydrogens (tertiary/aromatic N) is 3. The maximum atomic E-state index is 6.47. The van der Waals surface area contributed by atoms with Crippen LogP contribution in [0.1, 0.15) is 48.2 Å². The van der Waals surface area contributed by atoms with Crippen molar-refractivity contribution in [2.45, 2.75) is 51.6 Å². The molecule has 0 bridgehead atoms. The second-order valence-corrected chi connectivity index (χ2v) is 11.1. The number of rotatable bonds is 9. The highest BCUT2D eigenvalue weighted by Gasteiger charge is 2.38. The van der Waals surface area contributed by atoms with Crippen molar-refractivity contribution in [1.82, 2.24) is 14.5 Å². The minimum atomic E-state index is 0.270. The Morgan fingerprint density at radius 3 is 2.65 bits per heavy atom. The summed E-state index contributed by atoms with van der Waals surface area (Å²) in [5.41, 5.74) is 4.29. The normalized spacial score (nSPS) is 15.3. The zero-order chi connectivity index (χ0) is 23.7. The number of halogens is 2. The average Bonchev–Trinajstić information content (AvgIpc) is 3.44. The zero-order valence-electron chi connectivity index (χ0n) is 19.3. The molecule has 34 heavy (non-hydrogen) atoms. The summed E-state index contributed by atoms with van der Waals surface area (Å²) in [7, 11) is 0. The van der Waals surface area contributed by atoms with E-state index in [4.69, 9.17) is 33.2 Å². The second kappa shape index (κ2) is 10.1. The molecule has 0 radical (unpaired) electrons. The molecule has 2 atom stereocenters. The van der Waals surface area contributed by atoms with Gasteiger partial charge in [-0.25, -0.2) is 9.97 Å². The van der Waals surface area contributed by atoms with Crippen molar-refractivity contribution in [3.8, 4) is 11.3 Å². The van der Waals surface area contributed by atoms with Gasteiger partial charge >= 0.3 is 0 Å². The Morgan fingerprint density at radius 1 is 1.15 bits per heavy atom. The highest BCUT2D eigenvalue weighted by molar-refractivity contribution is 7.16. The van der Waals surface area contributed by atoms with Crippen molar-refractivity contribution < 1.29 is 0 Å². The van der Waals surface area contributed by atoms with E-state index in [0.717, 1.165) is 34.2 Å². The molecule has 2 heterocycles. The van der Waals surface area contributed by atoms with Crippen LogP contribution in [-0.2, 0) is 6.54 Å². The topological polar surface area (TPSA) is 42.7 Å². The van der Waals surface area contributed by atoms with E-state index < -0.39 is 0 Å². The third kappa shape index (κ3) is 5.17. The van der Waals surface area contributed by atoms with Gasteiger partial charge in [0.15, 0.2) is 5.13 Å². The van der Waals surface area contributed by atoms with Crippen LogP contribution in [0, 0.1) is 12.8 Å². The first kappa shape index (κ1) is 23.4. The van der Waals surface area contributed by atoms with E-state index in [0.29, 0.717) is 21.9 Å². The van der Waals surface area contributed by atoms with Gasteiger partial charge in [-0.2, -0.15) is 0 Å². The number of nitrogens with one attached hydrogen (secondary N) is 1. The number of anilines is 1. The number of aryl methyl sites for hydroxylation is 1. The summed E-state index contributed by atoms with van der Waals surface area (Å²) in [5, 5.41) is 5.94. The van der Waals surface area contributed by atoms with Gasteiger partial charge in [0, 0.05) is 40.2 Å². The molecule has 2 unspecified atom stereocenters. The van der Waals surface area contributed by atoms with Crippen LogP contribution in [0.3, 0.4) is 0 Å².